The largest absolute Gasteiger partial charge is 0.481 e. The van der Waals surface area contributed by atoms with E-state index in [-0.39, 0.29) is 24.3 Å². The molecule has 1 unspecified atom stereocenters. The van der Waals surface area contributed by atoms with Crippen LogP contribution in [0.3, 0.4) is 0 Å². The number of carbonyl (C=O) groups is 2. The molecule has 236 valence electrons. The average molecular weight is 593 g/mol. The summed E-state index contributed by atoms with van der Waals surface area (Å²) in [6.07, 6.45) is 18.5. The molecule has 0 heterocycles. The Kier molecular flexibility index (Phi) is 16.6. The first kappa shape index (κ1) is 36.0. The van der Waals surface area contributed by atoms with E-state index in [1.807, 2.05) is 18.2 Å². The summed E-state index contributed by atoms with van der Waals surface area (Å²) in [7, 11) is 0. The lowest BCUT2D eigenvalue weighted by atomic mass is 9.81. The number of halogens is 1. The molecule has 0 aliphatic heterocycles. The zero-order valence-electron chi connectivity index (χ0n) is 26.9. The molecule has 0 bridgehead atoms. The molecule has 0 aliphatic carbocycles. The first-order chi connectivity index (χ1) is 20.7. The van der Waals surface area contributed by atoms with Crippen LogP contribution >= 0.6 is 0 Å². The summed E-state index contributed by atoms with van der Waals surface area (Å²) in [6.45, 7) is 8.60. The van der Waals surface area contributed by atoms with Crippen molar-refractivity contribution >= 4 is 23.6 Å². The molecule has 2 aromatic carbocycles. The summed E-state index contributed by atoms with van der Waals surface area (Å²) in [4.78, 5) is 23.3. The first-order valence-corrected chi connectivity index (χ1v) is 16.5. The lowest BCUT2D eigenvalue weighted by Crippen LogP contribution is -2.13. The van der Waals surface area contributed by atoms with Gasteiger partial charge in [-0.2, -0.15) is 0 Å². The van der Waals surface area contributed by atoms with Gasteiger partial charge in [0, 0.05) is 0 Å². The third-order valence-electron chi connectivity index (χ3n) is 7.90. The van der Waals surface area contributed by atoms with E-state index in [0.717, 1.165) is 105 Å². The number of carboxylic acid groups (broad SMARTS) is 2. The molecule has 0 radical (unpaired) electrons. The number of hydrogen-bond acceptors (Lipinski definition) is 2. The van der Waals surface area contributed by atoms with E-state index in [1.54, 1.807) is 6.07 Å². The predicted octanol–water partition coefficient (Wildman–Crippen LogP) is 10.2. The average Bonchev–Trinajstić information content (AvgIpc) is 2.95. The SMILES string of the molecule is CCCC/C=C/c1cc(CC(=O)O)cc(/C(=C/CCCC)C(CCC)Cc2cc(CCCCC)cc(CC(=O)O)c2F)c1. The molecule has 0 saturated carbocycles. The van der Waals surface area contributed by atoms with Crippen LogP contribution in [0.5, 0.6) is 0 Å². The minimum absolute atomic E-state index is 0.0110. The lowest BCUT2D eigenvalue weighted by molar-refractivity contribution is -0.137. The first-order valence-electron chi connectivity index (χ1n) is 16.5. The Bertz CT molecular complexity index is 1230. The monoisotopic (exact) mass is 592 g/mol. The molecule has 0 amide bonds. The molecule has 0 spiro atoms. The van der Waals surface area contributed by atoms with Gasteiger partial charge in [-0.05, 0) is 89.5 Å². The third kappa shape index (κ3) is 12.9. The van der Waals surface area contributed by atoms with E-state index in [4.69, 9.17) is 0 Å². The Morgan fingerprint density at radius 1 is 0.767 bits per heavy atom. The molecule has 4 nitrogen and oxygen atoms in total. The van der Waals surface area contributed by atoms with Crippen LogP contribution < -0.4 is 0 Å². The quantitative estimate of drug-likeness (QED) is 0.141. The van der Waals surface area contributed by atoms with Crippen LogP contribution in [0.15, 0.2) is 42.5 Å². The summed E-state index contributed by atoms with van der Waals surface area (Å²) in [6, 6.07) is 9.77. The van der Waals surface area contributed by atoms with Gasteiger partial charge in [-0.15, -0.1) is 0 Å². The summed E-state index contributed by atoms with van der Waals surface area (Å²) >= 11 is 0. The summed E-state index contributed by atoms with van der Waals surface area (Å²) in [5, 5.41) is 19.1. The van der Waals surface area contributed by atoms with E-state index in [9.17, 15) is 19.8 Å². The van der Waals surface area contributed by atoms with Gasteiger partial charge < -0.3 is 10.2 Å². The molecule has 1 atom stereocenters. The molecule has 0 aromatic heterocycles. The van der Waals surface area contributed by atoms with Crippen molar-refractivity contribution in [3.05, 3.63) is 81.7 Å². The summed E-state index contributed by atoms with van der Waals surface area (Å²) in [5.41, 5.74) is 5.68. The van der Waals surface area contributed by atoms with E-state index >= 15 is 4.39 Å². The van der Waals surface area contributed by atoms with Gasteiger partial charge in [0.1, 0.15) is 5.82 Å². The number of aliphatic carboxylic acids is 2. The van der Waals surface area contributed by atoms with Crippen LogP contribution in [0, 0.1) is 11.7 Å². The van der Waals surface area contributed by atoms with Gasteiger partial charge in [-0.1, -0.05) is 115 Å². The van der Waals surface area contributed by atoms with Crippen molar-refractivity contribution in [2.45, 2.75) is 124 Å². The number of aryl methyl sites for hydroxylation is 1. The van der Waals surface area contributed by atoms with Crippen molar-refractivity contribution in [2.75, 3.05) is 0 Å². The van der Waals surface area contributed by atoms with Crippen molar-refractivity contribution in [3.8, 4) is 0 Å². The number of benzene rings is 2. The normalized spacial score (nSPS) is 12.6. The van der Waals surface area contributed by atoms with Gasteiger partial charge in [0.2, 0.25) is 0 Å². The van der Waals surface area contributed by atoms with Crippen LogP contribution in [0.1, 0.15) is 132 Å². The molecule has 2 rings (SSSR count). The standard InChI is InChI=1S/C38H53FO4/c1-5-9-12-15-18-28-20-30(25-36(40)41)24-32(21-28)35(19-14-11-7-3)31(16-8-4)26-33-22-29(17-13-10-6-2)23-34(38(33)39)27-37(42)43/h15,18-24,31H,5-14,16-17,25-27H2,1-4H3,(H,40,41)(H,42,43)/b18-15+,35-19+. The number of hydrogen-bond donors (Lipinski definition) is 2. The maximum atomic E-state index is 15.9. The Morgan fingerprint density at radius 2 is 1.44 bits per heavy atom. The zero-order chi connectivity index (χ0) is 31.6. The number of rotatable bonds is 21. The minimum atomic E-state index is -1.03. The maximum absolute atomic E-state index is 15.9. The molecule has 0 aliphatic rings. The van der Waals surface area contributed by atoms with E-state index in [0.29, 0.717) is 12.0 Å². The van der Waals surface area contributed by atoms with Crippen LogP contribution in [0.4, 0.5) is 4.39 Å². The molecule has 5 heteroatoms. The summed E-state index contributed by atoms with van der Waals surface area (Å²) in [5.74, 6) is -2.30. The van der Waals surface area contributed by atoms with Crippen LogP contribution in [-0.4, -0.2) is 22.2 Å². The highest BCUT2D eigenvalue weighted by Crippen LogP contribution is 2.34. The Hall–Kier alpha value is -3.21. The fourth-order valence-corrected chi connectivity index (χ4v) is 5.75. The molecular formula is C38H53FO4. The topological polar surface area (TPSA) is 74.6 Å². The van der Waals surface area contributed by atoms with Crippen molar-refractivity contribution in [1.29, 1.82) is 0 Å². The van der Waals surface area contributed by atoms with Gasteiger partial charge in [-0.25, -0.2) is 4.39 Å². The van der Waals surface area contributed by atoms with Crippen molar-refractivity contribution in [2.24, 2.45) is 5.92 Å². The smallest absolute Gasteiger partial charge is 0.307 e. The van der Waals surface area contributed by atoms with Gasteiger partial charge >= 0.3 is 11.9 Å². The highest BCUT2D eigenvalue weighted by atomic mass is 19.1. The molecule has 43 heavy (non-hydrogen) atoms. The third-order valence-corrected chi connectivity index (χ3v) is 7.90. The second-order valence-electron chi connectivity index (χ2n) is 11.8. The van der Waals surface area contributed by atoms with Crippen molar-refractivity contribution in [1.82, 2.24) is 0 Å². The van der Waals surface area contributed by atoms with Gasteiger partial charge in [0.15, 0.2) is 0 Å². The van der Waals surface area contributed by atoms with Gasteiger partial charge in [0.05, 0.1) is 12.8 Å². The fraction of sp³-hybridized carbons (Fsp3) is 0.526. The van der Waals surface area contributed by atoms with E-state index < -0.39 is 17.8 Å². The van der Waals surface area contributed by atoms with Gasteiger partial charge in [0.25, 0.3) is 0 Å². The lowest BCUT2D eigenvalue weighted by Gasteiger charge is -2.23. The van der Waals surface area contributed by atoms with Crippen molar-refractivity contribution in [3.63, 3.8) is 0 Å². The Balaban J connectivity index is 2.64. The highest BCUT2D eigenvalue weighted by Gasteiger charge is 2.22. The molecule has 0 fully saturated rings. The van der Waals surface area contributed by atoms with E-state index in [1.165, 1.54) is 0 Å². The highest BCUT2D eigenvalue weighted by molar-refractivity contribution is 5.75. The minimum Gasteiger partial charge on any atom is -0.481 e. The van der Waals surface area contributed by atoms with E-state index in [2.05, 4.69) is 52.0 Å². The van der Waals surface area contributed by atoms with Crippen LogP contribution in [-0.2, 0) is 35.3 Å². The fourth-order valence-electron chi connectivity index (χ4n) is 5.75. The predicted molar refractivity (Wildman–Crippen MR) is 177 cm³/mol. The second kappa shape index (κ2) is 19.9. The number of carboxylic acids is 2. The summed E-state index contributed by atoms with van der Waals surface area (Å²) < 4.78 is 15.9. The Morgan fingerprint density at radius 3 is 2.09 bits per heavy atom. The molecule has 2 N–H and O–H groups in total. The van der Waals surface area contributed by atoms with Crippen LogP contribution in [0.2, 0.25) is 0 Å². The number of unbranched alkanes of at least 4 members (excludes halogenated alkanes) is 6. The van der Waals surface area contributed by atoms with Gasteiger partial charge in [-0.3, -0.25) is 9.59 Å². The molecule has 2 aromatic rings. The molecular weight excluding hydrogens is 539 g/mol. The second-order valence-corrected chi connectivity index (χ2v) is 11.8. The zero-order valence-corrected chi connectivity index (χ0v) is 26.9. The number of allylic oxidation sites excluding steroid dienone is 3. The Labute approximate surface area is 259 Å². The van der Waals surface area contributed by atoms with Crippen LogP contribution in [0.25, 0.3) is 11.6 Å². The van der Waals surface area contributed by atoms with Crippen molar-refractivity contribution < 1.29 is 24.2 Å². The maximum Gasteiger partial charge on any atom is 0.307 e. The molecule has 0 saturated heterocycles.